The number of Topliss-reactive ketones (excluding diaryl/α,β-unsaturated/α-hetero) is 2. The van der Waals surface area contributed by atoms with Crippen LogP contribution in [0.2, 0.25) is 0 Å². The number of hydrogen-bond acceptors (Lipinski definition) is 10. The van der Waals surface area contributed by atoms with Crippen molar-refractivity contribution in [2.75, 3.05) is 39.8 Å². The van der Waals surface area contributed by atoms with E-state index in [0.717, 1.165) is 5.56 Å². The molecule has 5 aromatic rings. The van der Waals surface area contributed by atoms with Crippen molar-refractivity contribution in [2.24, 2.45) is 5.41 Å². The van der Waals surface area contributed by atoms with Crippen molar-refractivity contribution in [1.82, 2.24) is 9.88 Å². The number of halogens is 2. The molecule has 0 radical (unpaired) electrons. The van der Waals surface area contributed by atoms with Crippen molar-refractivity contribution in [3.63, 3.8) is 0 Å². The molecule has 0 amide bonds. The van der Waals surface area contributed by atoms with E-state index in [1.807, 2.05) is 35.2 Å². The lowest BCUT2D eigenvalue weighted by Crippen LogP contribution is -2.28. The molecule has 1 aromatic heterocycles. The zero-order valence-electron chi connectivity index (χ0n) is 32.4. The molecule has 0 spiro atoms. The third-order valence-corrected chi connectivity index (χ3v) is 11.9. The monoisotopic (exact) mass is 800 g/mol. The van der Waals surface area contributed by atoms with E-state index in [2.05, 4.69) is 4.98 Å². The Morgan fingerprint density at radius 3 is 2.12 bits per heavy atom. The summed E-state index contributed by atoms with van der Waals surface area (Å²) in [7, 11) is -1.81. The number of fused-ring (bicyclic) bond motifs is 1. The summed E-state index contributed by atoms with van der Waals surface area (Å²) in [5.74, 6) is -0.373. The van der Waals surface area contributed by atoms with E-state index in [1.165, 1.54) is 43.5 Å². The van der Waals surface area contributed by atoms with Crippen LogP contribution in [0.15, 0.2) is 97.2 Å². The maximum atomic E-state index is 15.5. The molecule has 13 heteroatoms. The van der Waals surface area contributed by atoms with Gasteiger partial charge in [0.25, 0.3) is 0 Å². The van der Waals surface area contributed by atoms with Crippen LogP contribution < -0.4 is 14.2 Å². The highest BCUT2D eigenvalue weighted by atomic mass is 31.2. The first-order chi connectivity index (χ1) is 27.5. The van der Waals surface area contributed by atoms with E-state index in [-0.39, 0.29) is 49.7 Å². The third kappa shape index (κ3) is 10.7. The van der Waals surface area contributed by atoms with Gasteiger partial charge in [-0.15, -0.1) is 0 Å². The number of nitrogens with zero attached hydrogens (tertiary/aromatic N) is 2. The predicted octanol–water partition coefficient (Wildman–Crippen LogP) is 9.51. The molecule has 0 atom stereocenters. The second kappa shape index (κ2) is 19.0. The van der Waals surface area contributed by atoms with E-state index in [1.54, 1.807) is 44.3 Å². The molecule has 0 unspecified atom stereocenters. The summed E-state index contributed by atoms with van der Waals surface area (Å²) in [6, 6.07) is 24.9. The van der Waals surface area contributed by atoms with Crippen LogP contribution in [0.4, 0.5) is 8.78 Å². The van der Waals surface area contributed by atoms with Gasteiger partial charge in [0.2, 0.25) is 0 Å². The van der Waals surface area contributed by atoms with E-state index in [4.69, 9.17) is 23.3 Å². The van der Waals surface area contributed by atoms with Gasteiger partial charge in [0.15, 0.2) is 34.6 Å². The number of methoxy groups -OCH3 is 1. The minimum absolute atomic E-state index is 0.0348. The molecule has 4 aromatic carbocycles. The van der Waals surface area contributed by atoms with E-state index < -0.39 is 24.6 Å². The highest BCUT2D eigenvalue weighted by Gasteiger charge is 2.54. The second-order valence-electron chi connectivity index (χ2n) is 13.9. The number of carbonyl (C=O) groups excluding carboxylic acids is 2. The molecule has 1 aliphatic rings. The molecule has 1 fully saturated rings. The van der Waals surface area contributed by atoms with E-state index >= 15 is 4.39 Å². The molecule has 1 saturated carbocycles. The first-order valence-electron chi connectivity index (χ1n) is 19.1. The van der Waals surface area contributed by atoms with Crippen LogP contribution in [0.25, 0.3) is 10.9 Å². The van der Waals surface area contributed by atoms with Crippen molar-refractivity contribution in [2.45, 2.75) is 52.5 Å². The summed E-state index contributed by atoms with van der Waals surface area (Å²) in [6.45, 7) is 5.50. The van der Waals surface area contributed by atoms with Crippen molar-refractivity contribution in [3.8, 4) is 23.0 Å². The maximum Gasteiger partial charge on any atom is 0.344 e. The fourth-order valence-electron chi connectivity index (χ4n) is 6.76. The van der Waals surface area contributed by atoms with Crippen LogP contribution in [0.3, 0.4) is 0 Å². The lowest BCUT2D eigenvalue weighted by molar-refractivity contribution is -0.133. The minimum atomic E-state index is -3.35. The highest BCUT2D eigenvalue weighted by Crippen LogP contribution is 2.50. The first kappa shape index (κ1) is 41.6. The van der Waals surface area contributed by atoms with Crippen LogP contribution >= 0.6 is 7.60 Å². The first-order valence-corrected chi connectivity index (χ1v) is 20.8. The Balaban J connectivity index is 1.11. The Kier molecular flexibility index (Phi) is 13.8. The van der Waals surface area contributed by atoms with Gasteiger partial charge >= 0.3 is 7.60 Å². The van der Waals surface area contributed by atoms with Crippen LogP contribution in [0.1, 0.15) is 49.8 Å². The lowest BCUT2D eigenvalue weighted by Gasteiger charge is -2.27. The molecule has 57 heavy (non-hydrogen) atoms. The van der Waals surface area contributed by atoms with Gasteiger partial charge in [-0.05, 0) is 86.2 Å². The van der Waals surface area contributed by atoms with Gasteiger partial charge in [-0.2, -0.15) is 0 Å². The Morgan fingerprint density at radius 1 is 0.789 bits per heavy atom. The molecule has 1 heterocycles. The summed E-state index contributed by atoms with van der Waals surface area (Å²) in [5.41, 5.74) is 1.57. The van der Waals surface area contributed by atoms with Crippen molar-refractivity contribution in [3.05, 3.63) is 126 Å². The van der Waals surface area contributed by atoms with Gasteiger partial charge in [0.1, 0.15) is 17.9 Å². The molecular formula is C44H47F2N2O8P. The lowest BCUT2D eigenvalue weighted by atomic mass is 9.88. The Morgan fingerprint density at radius 2 is 1.47 bits per heavy atom. The fraction of sp³-hybridized carbons (Fsp3) is 0.341. The largest absolute Gasteiger partial charge is 0.493 e. The van der Waals surface area contributed by atoms with Crippen molar-refractivity contribution < 1.29 is 46.2 Å². The van der Waals surface area contributed by atoms with E-state index in [9.17, 15) is 18.5 Å². The summed E-state index contributed by atoms with van der Waals surface area (Å²) in [4.78, 5) is 32.9. The molecule has 6 rings (SSSR count). The average Bonchev–Trinajstić information content (AvgIpc) is 4.01. The van der Waals surface area contributed by atoms with Gasteiger partial charge in [0.05, 0.1) is 37.9 Å². The van der Waals surface area contributed by atoms with Crippen molar-refractivity contribution in [1.29, 1.82) is 0 Å². The topological polar surface area (TPSA) is 113 Å². The molecule has 0 aliphatic heterocycles. The molecular weight excluding hydrogens is 753 g/mol. The molecule has 1 aliphatic carbocycles. The van der Waals surface area contributed by atoms with Gasteiger partial charge in [0, 0.05) is 43.6 Å². The van der Waals surface area contributed by atoms with Gasteiger partial charge in [-0.1, -0.05) is 48.5 Å². The minimum Gasteiger partial charge on any atom is -0.493 e. The molecule has 0 saturated heterocycles. The standard InChI is InChI=1S/C44H47F2N2O8P/c1-4-54-57(51,55-5-2)30-48(29-32-10-7-6-8-11-32)22-9-23-53-41-27-35-37(28-40(41)52-3)47-21-18-38(35)56-39-17-14-33(24-36(39)46)26-43(50)44(19-20-44)42(49)25-31-12-15-34(45)16-13-31/h6-8,10-18,21,24,27-28H,4-5,9,19-20,22-23,25-26,29-30H2,1-3H3. The van der Waals surface area contributed by atoms with Crippen LogP contribution in [-0.4, -0.2) is 61.2 Å². The number of carbonyl (C=O) groups is 2. The molecule has 300 valence electrons. The number of rotatable bonds is 22. The summed E-state index contributed by atoms with van der Waals surface area (Å²) in [6.07, 6.45) is 3.07. The van der Waals surface area contributed by atoms with Gasteiger partial charge < -0.3 is 23.3 Å². The molecule has 0 N–H and O–H groups in total. The number of aromatic nitrogens is 1. The number of benzene rings is 4. The maximum absolute atomic E-state index is 15.5. The Hall–Kier alpha value is -5.00. The van der Waals surface area contributed by atoms with Crippen LogP contribution in [-0.2, 0) is 42.6 Å². The Bertz CT molecular complexity index is 2210. The zero-order valence-corrected chi connectivity index (χ0v) is 33.3. The summed E-state index contributed by atoms with van der Waals surface area (Å²) >= 11 is 0. The van der Waals surface area contributed by atoms with Crippen LogP contribution in [0.5, 0.6) is 23.0 Å². The quantitative estimate of drug-likeness (QED) is 0.0381. The SMILES string of the molecule is CCOP(=O)(CN(CCCOc1cc2c(Oc3ccc(CC(=O)C4(C(=O)Cc5ccc(F)cc5)CC4)cc3F)ccnc2cc1OC)Cc1ccccc1)OCC. The van der Waals surface area contributed by atoms with Crippen molar-refractivity contribution >= 4 is 30.1 Å². The number of hydrogen-bond donors (Lipinski definition) is 0. The van der Waals surface area contributed by atoms with Gasteiger partial charge in [-0.25, -0.2) is 8.78 Å². The Labute approximate surface area is 331 Å². The smallest absolute Gasteiger partial charge is 0.344 e. The number of ketones is 2. The normalized spacial score (nSPS) is 13.4. The summed E-state index contributed by atoms with van der Waals surface area (Å²) in [5, 5.41) is 0.558. The average molecular weight is 801 g/mol. The zero-order chi connectivity index (χ0) is 40.4. The number of pyridine rings is 1. The number of ether oxygens (including phenoxy) is 3. The predicted molar refractivity (Wildman–Crippen MR) is 213 cm³/mol. The molecule has 10 nitrogen and oxygen atoms in total. The fourth-order valence-corrected chi connectivity index (χ4v) is 8.52. The highest BCUT2D eigenvalue weighted by molar-refractivity contribution is 7.53. The summed E-state index contributed by atoms with van der Waals surface area (Å²) < 4.78 is 71.4. The molecule has 0 bridgehead atoms. The second-order valence-corrected chi connectivity index (χ2v) is 16.0. The van der Waals surface area contributed by atoms with E-state index in [0.29, 0.717) is 78.2 Å². The van der Waals surface area contributed by atoms with Crippen LogP contribution in [0, 0.1) is 17.0 Å². The third-order valence-electron chi connectivity index (χ3n) is 9.81. The van der Waals surface area contributed by atoms with Gasteiger partial charge in [-0.3, -0.25) is 24.0 Å².